The number of nitrogens with one attached hydrogen (secondary N) is 1. The van der Waals surface area contributed by atoms with Gasteiger partial charge in [0, 0.05) is 19.2 Å². The molecule has 1 rings (SSSR count). The van der Waals surface area contributed by atoms with Crippen LogP contribution in [0, 0.1) is 5.92 Å². The first-order chi connectivity index (χ1) is 8.59. The summed E-state index contributed by atoms with van der Waals surface area (Å²) >= 11 is 0. The quantitative estimate of drug-likeness (QED) is 0.709. The highest BCUT2D eigenvalue weighted by atomic mass is 16.5. The van der Waals surface area contributed by atoms with Gasteiger partial charge in [-0.05, 0) is 23.5 Å². The maximum absolute atomic E-state index is 5.75. The molecule has 0 aliphatic carbocycles. The van der Waals surface area contributed by atoms with E-state index in [-0.39, 0.29) is 0 Å². The topological polar surface area (TPSA) is 21.3 Å². The van der Waals surface area contributed by atoms with Gasteiger partial charge in [-0.2, -0.15) is 0 Å². The number of hydrogen-bond donors (Lipinski definition) is 1. The van der Waals surface area contributed by atoms with E-state index >= 15 is 0 Å². The van der Waals surface area contributed by atoms with E-state index < -0.39 is 0 Å². The molecule has 0 fully saturated rings. The van der Waals surface area contributed by atoms with Crippen LogP contribution in [0.1, 0.15) is 45.2 Å². The Kier molecular flexibility index (Phi) is 6.99. The second-order valence-electron chi connectivity index (χ2n) is 5.54. The van der Waals surface area contributed by atoms with E-state index in [1.165, 1.54) is 11.1 Å². The molecule has 0 radical (unpaired) electrons. The molecule has 0 spiro atoms. The lowest BCUT2D eigenvalue weighted by atomic mass is 10.1. The average Bonchev–Trinajstić information content (AvgIpc) is 2.33. The van der Waals surface area contributed by atoms with Gasteiger partial charge in [-0.25, -0.2) is 0 Å². The van der Waals surface area contributed by atoms with Crippen molar-refractivity contribution in [1.82, 2.24) is 5.32 Å². The summed E-state index contributed by atoms with van der Waals surface area (Å²) in [6.07, 6.45) is 1.13. The normalized spacial score (nSPS) is 11.4. The van der Waals surface area contributed by atoms with E-state index in [9.17, 15) is 0 Å². The van der Waals surface area contributed by atoms with Gasteiger partial charge in [0.15, 0.2) is 0 Å². The van der Waals surface area contributed by atoms with E-state index in [1.807, 2.05) is 0 Å². The molecule has 1 N–H and O–H groups in total. The van der Waals surface area contributed by atoms with Gasteiger partial charge in [0.25, 0.3) is 0 Å². The Labute approximate surface area is 112 Å². The van der Waals surface area contributed by atoms with Crippen LogP contribution >= 0.6 is 0 Å². The average molecular weight is 249 g/mol. The molecular weight excluding hydrogens is 222 g/mol. The third kappa shape index (κ3) is 6.18. The molecule has 2 heteroatoms. The van der Waals surface area contributed by atoms with Crippen LogP contribution in [-0.4, -0.2) is 12.6 Å². The Morgan fingerprint density at radius 2 is 1.72 bits per heavy atom. The molecule has 1 aromatic rings. The third-order valence-corrected chi connectivity index (χ3v) is 2.92. The minimum atomic E-state index is 0.514. The molecule has 0 bridgehead atoms. The van der Waals surface area contributed by atoms with Gasteiger partial charge in [0.05, 0.1) is 6.61 Å². The highest BCUT2D eigenvalue weighted by Crippen LogP contribution is 2.11. The molecule has 0 heterocycles. The lowest BCUT2D eigenvalue weighted by Gasteiger charge is -2.13. The number of rotatable bonds is 8. The maximum Gasteiger partial charge on any atom is 0.0720 e. The van der Waals surface area contributed by atoms with Crippen molar-refractivity contribution in [1.29, 1.82) is 0 Å². The maximum atomic E-state index is 5.75. The van der Waals surface area contributed by atoms with Crippen molar-refractivity contribution in [3.8, 4) is 0 Å². The zero-order valence-electron chi connectivity index (χ0n) is 12.2. The van der Waals surface area contributed by atoms with Gasteiger partial charge in [-0.3, -0.25) is 0 Å². The molecular formula is C16H27NO. The molecule has 0 aliphatic rings. The van der Waals surface area contributed by atoms with E-state index in [1.54, 1.807) is 0 Å². The Morgan fingerprint density at radius 1 is 1.06 bits per heavy atom. The number of benzene rings is 1. The van der Waals surface area contributed by atoms with Crippen molar-refractivity contribution in [3.05, 3.63) is 35.4 Å². The fourth-order valence-electron chi connectivity index (χ4n) is 1.69. The monoisotopic (exact) mass is 249 g/mol. The van der Waals surface area contributed by atoms with Crippen molar-refractivity contribution >= 4 is 0 Å². The molecule has 0 amide bonds. The highest BCUT2D eigenvalue weighted by Gasteiger charge is 2.03. The molecule has 0 unspecified atom stereocenters. The SMILES string of the molecule is CC(C)CCOCc1ccccc1CNC(C)C. The molecule has 2 nitrogen and oxygen atoms in total. The Morgan fingerprint density at radius 3 is 2.33 bits per heavy atom. The second kappa shape index (κ2) is 8.28. The summed E-state index contributed by atoms with van der Waals surface area (Å²) in [6, 6.07) is 9.03. The van der Waals surface area contributed by atoms with Crippen LogP contribution < -0.4 is 5.32 Å². The molecule has 1 aromatic carbocycles. The van der Waals surface area contributed by atoms with Crippen molar-refractivity contribution in [2.24, 2.45) is 5.92 Å². The molecule has 0 aromatic heterocycles. The van der Waals surface area contributed by atoms with Crippen LogP contribution in [0.2, 0.25) is 0 Å². The van der Waals surface area contributed by atoms with Gasteiger partial charge in [0.2, 0.25) is 0 Å². The first-order valence-corrected chi connectivity index (χ1v) is 6.97. The number of hydrogen-bond acceptors (Lipinski definition) is 2. The molecule has 18 heavy (non-hydrogen) atoms. The lowest BCUT2D eigenvalue weighted by molar-refractivity contribution is 0.110. The van der Waals surface area contributed by atoms with Gasteiger partial charge in [0.1, 0.15) is 0 Å². The van der Waals surface area contributed by atoms with E-state index in [0.717, 1.165) is 26.2 Å². The molecule has 102 valence electrons. The Bertz CT molecular complexity index is 334. The highest BCUT2D eigenvalue weighted by molar-refractivity contribution is 5.26. The summed E-state index contributed by atoms with van der Waals surface area (Å²) in [5.74, 6) is 0.711. The summed E-state index contributed by atoms with van der Waals surface area (Å²) in [7, 11) is 0. The van der Waals surface area contributed by atoms with Crippen LogP contribution in [0.15, 0.2) is 24.3 Å². The van der Waals surface area contributed by atoms with Crippen LogP contribution in [0.5, 0.6) is 0 Å². The third-order valence-electron chi connectivity index (χ3n) is 2.92. The first-order valence-electron chi connectivity index (χ1n) is 6.97. The van der Waals surface area contributed by atoms with Crippen molar-refractivity contribution in [3.63, 3.8) is 0 Å². The smallest absolute Gasteiger partial charge is 0.0720 e. The first kappa shape index (κ1) is 15.2. The fourth-order valence-corrected chi connectivity index (χ4v) is 1.69. The molecule has 0 saturated heterocycles. The second-order valence-corrected chi connectivity index (χ2v) is 5.54. The Hall–Kier alpha value is -0.860. The molecule has 0 saturated carbocycles. The van der Waals surface area contributed by atoms with Gasteiger partial charge < -0.3 is 10.1 Å². The summed E-state index contributed by atoms with van der Waals surface area (Å²) in [4.78, 5) is 0. The number of ether oxygens (including phenoxy) is 1. The van der Waals surface area contributed by atoms with Gasteiger partial charge >= 0.3 is 0 Å². The van der Waals surface area contributed by atoms with E-state index in [0.29, 0.717) is 12.0 Å². The van der Waals surface area contributed by atoms with Gasteiger partial charge in [-0.1, -0.05) is 52.0 Å². The van der Waals surface area contributed by atoms with E-state index in [2.05, 4.69) is 57.3 Å². The minimum absolute atomic E-state index is 0.514. The standard InChI is InChI=1S/C16H27NO/c1-13(2)9-10-18-12-16-8-6-5-7-15(16)11-17-14(3)4/h5-8,13-14,17H,9-12H2,1-4H3. The lowest BCUT2D eigenvalue weighted by Crippen LogP contribution is -2.22. The predicted molar refractivity (Wildman–Crippen MR) is 77.5 cm³/mol. The summed E-state index contributed by atoms with van der Waals surface area (Å²) < 4.78 is 5.75. The Balaban J connectivity index is 2.43. The van der Waals surface area contributed by atoms with Crippen LogP contribution in [-0.2, 0) is 17.9 Å². The van der Waals surface area contributed by atoms with Crippen LogP contribution in [0.4, 0.5) is 0 Å². The molecule has 0 atom stereocenters. The zero-order valence-corrected chi connectivity index (χ0v) is 12.2. The fraction of sp³-hybridized carbons (Fsp3) is 0.625. The predicted octanol–water partition coefficient (Wildman–Crippen LogP) is 3.75. The van der Waals surface area contributed by atoms with Crippen molar-refractivity contribution in [2.75, 3.05) is 6.61 Å². The molecule has 0 aliphatic heterocycles. The minimum Gasteiger partial charge on any atom is -0.377 e. The summed E-state index contributed by atoms with van der Waals surface area (Å²) in [5, 5.41) is 3.46. The van der Waals surface area contributed by atoms with Crippen molar-refractivity contribution in [2.45, 2.75) is 53.3 Å². The van der Waals surface area contributed by atoms with Crippen molar-refractivity contribution < 1.29 is 4.74 Å². The van der Waals surface area contributed by atoms with Gasteiger partial charge in [-0.15, -0.1) is 0 Å². The summed E-state index contributed by atoms with van der Waals surface area (Å²) in [6.45, 7) is 11.3. The zero-order chi connectivity index (χ0) is 13.4. The summed E-state index contributed by atoms with van der Waals surface area (Å²) in [5.41, 5.74) is 2.64. The van der Waals surface area contributed by atoms with Crippen LogP contribution in [0.3, 0.4) is 0 Å². The van der Waals surface area contributed by atoms with Crippen LogP contribution in [0.25, 0.3) is 0 Å². The largest absolute Gasteiger partial charge is 0.377 e. The van der Waals surface area contributed by atoms with E-state index in [4.69, 9.17) is 4.74 Å².